The molecule has 0 atom stereocenters. The van der Waals surface area contributed by atoms with Gasteiger partial charge in [0.15, 0.2) is 0 Å². The molecule has 0 fully saturated rings. The molecule has 1 aromatic rings. The highest BCUT2D eigenvalue weighted by atomic mass is 35.5. The summed E-state index contributed by atoms with van der Waals surface area (Å²) in [7, 11) is -2.17. The van der Waals surface area contributed by atoms with Gasteiger partial charge in [0, 0.05) is 13.6 Å². The molecule has 102 valence electrons. The van der Waals surface area contributed by atoms with Crippen LogP contribution in [0.2, 0.25) is 4.34 Å². The van der Waals surface area contributed by atoms with Crippen molar-refractivity contribution < 1.29 is 13.2 Å². The maximum atomic E-state index is 12.3. The van der Waals surface area contributed by atoms with Gasteiger partial charge in [-0.3, -0.25) is 4.79 Å². The molecular formula is C10H15ClN2O3S2. The first-order valence-electron chi connectivity index (χ1n) is 5.38. The topological polar surface area (TPSA) is 66.5 Å². The fraction of sp³-hybridized carbons (Fsp3) is 0.500. The highest BCUT2D eigenvalue weighted by Gasteiger charge is 2.27. The Balaban J connectivity index is 3.00. The van der Waals surface area contributed by atoms with E-state index in [4.69, 9.17) is 11.6 Å². The van der Waals surface area contributed by atoms with Crippen LogP contribution in [0.25, 0.3) is 0 Å². The number of halogens is 1. The minimum atomic E-state index is -3.64. The maximum absolute atomic E-state index is 12.3. The fourth-order valence-electron chi connectivity index (χ4n) is 1.34. The molecule has 1 aromatic heterocycles. The van der Waals surface area contributed by atoms with Gasteiger partial charge in [-0.1, -0.05) is 18.5 Å². The van der Waals surface area contributed by atoms with Gasteiger partial charge in [0.2, 0.25) is 5.91 Å². The second-order valence-electron chi connectivity index (χ2n) is 3.57. The number of carbonyl (C=O) groups is 1. The smallest absolute Gasteiger partial charge is 0.253 e. The predicted molar refractivity (Wildman–Crippen MR) is 72.4 cm³/mol. The van der Waals surface area contributed by atoms with E-state index in [1.54, 1.807) is 0 Å². The van der Waals surface area contributed by atoms with Crippen LogP contribution in [-0.2, 0) is 14.8 Å². The van der Waals surface area contributed by atoms with Gasteiger partial charge in [0.25, 0.3) is 10.0 Å². The Morgan fingerprint density at radius 2 is 2.17 bits per heavy atom. The van der Waals surface area contributed by atoms with Crippen molar-refractivity contribution in [2.75, 3.05) is 20.1 Å². The van der Waals surface area contributed by atoms with E-state index < -0.39 is 10.0 Å². The van der Waals surface area contributed by atoms with Gasteiger partial charge in [-0.25, -0.2) is 8.42 Å². The number of nitrogens with zero attached hydrogens (tertiary/aromatic N) is 1. The maximum Gasteiger partial charge on any atom is 0.253 e. The van der Waals surface area contributed by atoms with Crippen LogP contribution in [0.5, 0.6) is 0 Å². The van der Waals surface area contributed by atoms with Crippen molar-refractivity contribution in [2.24, 2.45) is 0 Å². The molecule has 0 radical (unpaired) electrons. The van der Waals surface area contributed by atoms with Crippen LogP contribution < -0.4 is 5.32 Å². The Labute approximate surface area is 116 Å². The number of likely N-dealkylation sites (N-methyl/N-ethyl adjacent to an activating group) is 1. The molecule has 1 heterocycles. The zero-order valence-corrected chi connectivity index (χ0v) is 12.5. The van der Waals surface area contributed by atoms with Crippen molar-refractivity contribution in [1.82, 2.24) is 9.62 Å². The number of sulfonamides is 1. The number of carbonyl (C=O) groups excluding carboxylic acids is 1. The molecule has 0 aromatic carbocycles. The van der Waals surface area contributed by atoms with Crippen LogP contribution in [0.4, 0.5) is 0 Å². The number of thiophene rings is 1. The van der Waals surface area contributed by atoms with Crippen molar-refractivity contribution in [1.29, 1.82) is 0 Å². The van der Waals surface area contributed by atoms with Gasteiger partial charge in [-0.15, -0.1) is 11.3 Å². The van der Waals surface area contributed by atoms with Gasteiger partial charge in [-0.05, 0) is 18.6 Å². The monoisotopic (exact) mass is 310 g/mol. The predicted octanol–water partition coefficient (Wildman–Crippen LogP) is 1.55. The fourth-order valence-corrected chi connectivity index (χ4v) is 4.46. The molecule has 0 aliphatic heterocycles. The molecule has 5 nitrogen and oxygen atoms in total. The minimum absolute atomic E-state index is 0.157. The quantitative estimate of drug-likeness (QED) is 0.867. The number of hydrogen-bond donors (Lipinski definition) is 1. The van der Waals surface area contributed by atoms with E-state index in [0.29, 0.717) is 17.3 Å². The molecule has 1 N–H and O–H groups in total. The summed E-state index contributed by atoms with van der Waals surface area (Å²) >= 11 is 6.73. The van der Waals surface area contributed by atoms with E-state index in [1.807, 2.05) is 6.92 Å². The molecule has 1 amide bonds. The van der Waals surface area contributed by atoms with Crippen molar-refractivity contribution >= 4 is 38.9 Å². The Kier molecular flexibility index (Phi) is 5.58. The Hall–Kier alpha value is -0.630. The molecule has 8 heteroatoms. The summed E-state index contributed by atoms with van der Waals surface area (Å²) in [5, 5.41) is 2.41. The Morgan fingerprint density at radius 1 is 1.50 bits per heavy atom. The van der Waals surface area contributed by atoms with Gasteiger partial charge >= 0.3 is 0 Å². The summed E-state index contributed by atoms with van der Waals surface area (Å²) < 4.78 is 26.3. The average molecular weight is 311 g/mol. The second kappa shape index (κ2) is 6.51. The largest absolute Gasteiger partial charge is 0.358 e. The lowest BCUT2D eigenvalue weighted by Crippen LogP contribution is -2.39. The first-order chi connectivity index (χ1) is 8.41. The Bertz CT molecular complexity index is 513. The molecule has 0 aliphatic carbocycles. The normalized spacial score (nSPS) is 11.8. The molecule has 0 bridgehead atoms. The van der Waals surface area contributed by atoms with Gasteiger partial charge in [-0.2, -0.15) is 4.31 Å². The molecule has 0 unspecified atom stereocenters. The lowest BCUT2D eigenvalue weighted by atomic mass is 10.4. The van der Waals surface area contributed by atoms with Crippen molar-refractivity contribution in [2.45, 2.75) is 17.6 Å². The molecule has 18 heavy (non-hydrogen) atoms. The van der Waals surface area contributed by atoms with Crippen LogP contribution in [0, 0.1) is 0 Å². The van der Waals surface area contributed by atoms with Crippen molar-refractivity contribution in [3.8, 4) is 0 Å². The van der Waals surface area contributed by atoms with Crippen LogP contribution in [-0.4, -0.2) is 38.8 Å². The first-order valence-corrected chi connectivity index (χ1v) is 8.01. The lowest BCUT2D eigenvalue weighted by molar-refractivity contribution is -0.120. The zero-order chi connectivity index (χ0) is 13.8. The standard InChI is InChI=1S/C10H15ClN2O3S2/c1-3-6-13(7-9(14)12-2)18(15,16)10-5-4-8(11)17-10/h4-5H,3,6-7H2,1-2H3,(H,12,14). The van der Waals surface area contributed by atoms with Gasteiger partial charge in [0.05, 0.1) is 10.9 Å². The molecule has 0 aliphatic rings. The van der Waals surface area contributed by atoms with Gasteiger partial charge in [0.1, 0.15) is 4.21 Å². The molecule has 0 saturated carbocycles. The summed E-state index contributed by atoms with van der Waals surface area (Å²) in [4.78, 5) is 11.3. The summed E-state index contributed by atoms with van der Waals surface area (Å²) in [6, 6.07) is 2.98. The van der Waals surface area contributed by atoms with E-state index in [1.165, 1.54) is 19.2 Å². The molecule has 0 saturated heterocycles. The lowest BCUT2D eigenvalue weighted by Gasteiger charge is -2.19. The van der Waals surface area contributed by atoms with Crippen LogP contribution in [0.1, 0.15) is 13.3 Å². The number of nitrogens with one attached hydrogen (secondary N) is 1. The van der Waals surface area contributed by atoms with Crippen molar-refractivity contribution in [3.63, 3.8) is 0 Å². The summed E-state index contributed by atoms with van der Waals surface area (Å²) in [5.41, 5.74) is 0. The van der Waals surface area contributed by atoms with Gasteiger partial charge < -0.3 is 5.32 Å². The van der Waals surface area contributed by atoms with Crippen LogP contribution in [0.15, 0.2) is 16.3 Å². The highest BCUT2D eigenvalue weighted by Crippen LogP contribution is 2.28. The third-order valence-corrected chi connectivity index (χ3v) is 5.76. The van der Waals surface area contributed by atoms with Crippen molar-refractivity contribution in [3.05, 3.63) is 16.5 Å². The third-order valence-electron chi connectivity index (χ3n) is 2.21. The first kappa shape index (κ1) is 15.4. The zero-order valence-electron chi connectivity index (χ0n) is 10.1. The van der Waals surface area contributed by atoms with E-state index >= 15 is 0 Å². The molecule has 0 spiro atoms. The minimum Gasteiger partial charge on any atom is -0.358 e. The second-order valence-corrected chi connectivity index (χ2v) is 7.45. The summed E-state index contributed by atoms with van der Waals surface area (Å²) in [6.07, 6.45) is 0.634. The van der Waals surface area contributed by atoms with Crippen LogP contribution >= 0.6 is 22.9 Å². The molecular weight excluding hydrogens is 296 g/mol. The van der Waals surface area contributed by atoms with Crippen LogP contribution in [0.3, 0.4) is 0 Å². The summed E-state index contributed by atoms with van der Waals surface area (Å²) in [5.74, 6) is -0.338. The third kappa shape index (κ3) is 3.68. The average Bonchev–Trinajstić information content (AvgIpc) is 2.75. The Morgan fingerprint density at radius 3 is 2.61 bits per heavy atom. The SMILES string of the molecule is CCCN(CC(=O)NC)S(=O)(=O)c1ccc(Cl)s1. The van der Waals surface area contributed by atoms with E-state index in [9.17, 15) is 13.2 Å². The molecule has 1 rings (SSSR count). The summed E-state index contributed by atoms with van der Waals surface area (Å²) in [6.45, 7) is 1.97. The van der Waals surface area contributed by atoms with E-state index in [-0.39, 0.29) is 16.7 Å². The number of amides is 1. The number of rotatable bonds is 6. The van der Waals surface area contributed by atoms with E-state index in [2.05, 4.69) is 5.32 Å². The highest BCUT2D eigenvalue weighted by molar-refractivity contribution is 7.91. The number of hydrogen-bond acceptors (Lipinski definition) is 4. The van der Waals surface area contributed by atoms with E-state index in [0.717, 1.165) is 15.6 Å².